The van der Waals surface area contributed by atoms with E-state index in [9.17, 15) is 8.42 Å². The number of piperidine rings is 3. The number of imidazole rings is 4. The molecule has 5 aliphatic rings. The van der Waals surface area contributed by atoms with Crippen molar-refractivity contribution >= 4 is 9.84 Å². The van der Waals surface area contributed by atoms with E-state index in [4.69, 9.17) is 0 Å². The first-order valence-corrected chi connectivity index (χ1v) is 38.1. The smallest absolute Gasteiger partial charge is 0.156 e. The molecule has 10 heterocycles. The van der Waals surface area contributed by atoms with Gasteiger partial charge in [0.15, 0.2) is 9.84 Å². The quantitative estimate of drug-likeness (QED) is 0.121. The van der Waals surface area contributed by atoms with Gasteiger partial charge in [-0.1, -0.05) is 21.3 Å². The number of sulfone groups is 1. The molecule has 10 rings (SSSR count). The van der Waals surface area contributed by atoms with Gasteiger partial charge in [-0.2, -0.15) is 0 Å². The van der Waals surface area contributed by atoms with Crippen molar-refractivity contribution in [1.29, 1.82) is 0 Å². The van der Waals surface area contributed by atoms with Gasteiger partial charge in [-0.3, -0.25) is 24.5 Å². The molecule has 0 aromatic carbocycles. The molecule has 5 aromatic heterocycles. The fourth-order valence-electron chi connectivity index (χ4n) is 14.9. The minimum absolute atomic E-state index is 0. The SMILES string of the molecule is C.CCc1ncn(C[C@@H]2CCCN(C(C)(C)C)C2)c1C.CCc1ncn(C[C@@H]2CCCN(C(C)(C)C)C2)c1C.Cc1[nH]cnc1CC1CN(C(C)(C)C)CCS1(=O)=O.Cc1ccn(CC[C@H]2CCCN2C(C)(C)C)c1.Cc1nc(C)n(C[C@H]2CCCN(C(C)(C)C)C2)c1C. The lowest BCUT2D eigenvalue weighted by Crippen LogP contribution is -2.54. The van der Waals surface area contributed by atoms with E-state index >= 15 is 0 Å². The van der Waals surface area contributed by atoms with E-state index in [1.54, 1.807) is 6.33 Å². The number of H-pyrrole nitrogens is 1. The third-order valence-corrected chi connectivity index (χ3v) is 23.3. The topological polar surface area (TPSA) is 137 Å². The summed E-state index contributed by atoms with van der Waals surface area (Å²) in [5.41, 5.74) is 12.2. The van der Waals surface area contributed by atoms with Crippen molar-refractivity contribution in [3.8, 4) is 0 Å². The van der Waals surface area contributed by atoms with Crippen molar-refractivity contribution < 1.29 is 8.42 Å². The number of aryl methyl sites for hydroxylation is 7. The van der Waals surface area contributed by atoms with E-state index in [1.165, 1.54) is 149 Å². The van der Waals surface area contributed by atoms with Crippen molar-refractivity contribution in [3.05, 3.63) is 94.4 Å². The molecule has 0 aliphatic carbocycles. The Bertz CT molecular complexity index is 3060. The van der Waals surface area contributed by atoms with Crippen LogP contribution < -0.4 is 0 Å². The summed E-state index contributed by atoms with van der Waals surface area (Å²) >= 11 is 0. The van der Waals surface area contributed by atoms with E-state index in [-0.39, 0.29) is 24.0 Å². The summed E-state index contributed by atoms with van der Waals surface area (Å²) in [6.07, 6.45) is 24.8. The third kappa shape index (κ3) is 23.5. The molecular formula is C77H140N14O2S. The first-order valence-electron chi connectivity index (χ1n) is 36.4. The predicted molar refractivity (Wildman–Crippen MR) is 397 cm³/mol. The summed E-state index contributed by atoms with van der Waals surface area (Å²) in [6.45, 7) is 68.1. The maximum Gasteiger partial charge on any atom is 0.156 e. The number of likely N-dealkylation sites (tertiary alicyclic amines) is 4. The number of aromatic nitrogens is 9. The lowest BCUT2D eigenvalue weighted by atomic mass is 9.93. The van der Waals surface area contributed by atoms with Crippen molar-refractivity contribution in [3.63, 3.8) is 0 Å². The fraction of sp³-hybridized carbons (Fsp3) is 0.792. The number of nitrogens with zero attached hydrogens (tertiary/aromatic N) is 13. The minimum Gasteiger partial charge on any atom is -0.354 e. The van der Waals surface area contributed by atoms with Crippen LogP contribution in [0.2, 0.25) is 0 Å². The van der Waals surface area contributed by atoms with Gasteiger partial charge in [0.05, 0.1) is 52.8 Å². The highest BCUT2D eigenvalue weighted by Gasteiger charge is 2.38. The number of rotatable bonds is 13. The number of hydrogen-bond donors (Lipinski definition) is 1. The first kappa shape index (κ1) is 80.6. The van der Waals surface area contributed by atoms with Crippen LogP contribution in [0.1, 0.15) is 240 Å². The summed E-state index contributed by atoms with van der Waals surface area (Å²) in [5, 5.41) is -0.345. The highest BCUT2D eigenvalue weighted by molar-refractivity contribution is 7.92. The predicted octanol–water partition coefficient (Wildman–Crippen LogP) is 15.1. The highest BCUT2D eigenvalue weighted by Crippen LogP contribution is 2.31. The zero-order chi connectivity index (χ0) is 69.0. The zero-order valence-electron chi connectivity index (χ0n) is 63.8. The van der Waals surface area contributed by atoms with Gasteiger partial charge in [0.25, 0.3) is 0 Å². The Morgan fingerprint density at radius 2 is 1.00 bits per heavy atom. The lowest BCUT2D eigenvalue weighted by Gasteiger charge is -2.41. The van der Waals surface area contributed by atoms with Crippen LogP contribution in [0, 0.1) is 66.2 Å². The van der Waals surface area contributed by atoms with E-state index in [0.29, 0.717) is 41.7 Å². The van der Waals surface area contributed by atoms with E-state index in [2.05, 4.69) is 245 Å². The van der Waals surface area contributed by atoms with Crippen LogP contribution in [0.25, 0.3) is 0 Å². The summed E-state index contributed by atoms with van der Waals surface area (Å²) in [4.78, 5) is 33.7. The summed E-state index contributed by atoms with van der Waals surface area (Å²) in [5.74, 6) is 3.72. The molecule has 5 atom stereocenters. The molecule has 1 N–H and O–H groups in total. The molecule has 536 valence electrons. The second-order valence-electron chi connectivity index (χ2n) is 33.5. The van der Waals surface area contributed by atoms with E-state index in [0.717, 1.165) is 74.2 Å². The van der Waals surface area contributed by atoms with Crippen LogP contribution in [-0.2, 0) is 55.3 Å². The second-order valence-corrected chi connectivity index (χ2v) is 35.9. The highest BCUT2D eigenvalue weighted by atomic mass is 32.2. The number of hydrogen-bond acceptors (Lipinski definition) is 11. The van der Waals surface area contributed by atoms with E-state index < -0.39 is 9.84 Å². The fourth-order valence-corrected chi connectivity index (χ4v) is 16.5. The maximum atomic E-state index is 12.2. The summed E-state index contributed by atoms with van der Waals surface area (Å²) in [6, 6.07) is 2.97. The Kier molecular flexibility index (Phi) is 29.6. The van der Waals surface area contributed by atoms with Crippen LogP contribution in [-0.4, -0.2) is 180 Å². The van der Waals surface area contributed by atoms with Gasteiger partial charge in [0.2, 0.25) is 0 Å². The van der Waals surface area contributed by atoms with Crippen LogP contribution in [0.4, 0.5) is 0 Å². The number of aromatic amines is 1. The van der Waals surface area contributed by atoms with E-state index in [1.807, 2.05) is 19.6 Å². The first-order chi connectivity index (χ1) is 43.3. The third-order valence-electron chi connectivity index (χ3n) is 21.2. The van der Waals surface area contributed by atoms with Crippen molar-refractivity contribution in [2.24, 2.45) is 17.8 Å². The van der Waals surface area contributed by atoms with Gasteiger partial charge < -0.3 is 23.3 Å². The zero-order valence-corrected chi connectivity index (χ0v) is 64.6. The average molecular weight is 1330 g/mol. The molecule has 5 aliphatic heterocycles. The summed E-state index contributed by atoms with van der Waals surface area (Å²) < 4.78 is 33.9. The van der Waals surface area contributed by atoms with Crippen LogP contribution in [0.5, 0.6) is 0 Å². The van der Waals surface area contributed by atoms with Gasteiger partial charge >= 0.3 is 0 Å². The molecule has 5 saturated heterocycles. The summed E-state index contributed by atoms with van der Waals surface area (Å²) in [7, 11) is -3.01. The molecule has 0 amide bonds. The molecule has 0 saturated carbocycles. The molecule has 5 fully saturated rings. The molecule has 1 unspecified atom stereocenters. The minimum atomic E-state index is -3.01. The lowest BCUT2D eigenvalue weighted by molar-refractivity contribution is 0.0730. The molecule has 5 aromatic rings. The standard InChI is InChI=1S/3C16H29N3.C15H26N2.C13H23N3O2S.CH4/c1-12-13(2)19(14(3)17-12)11-15-8-7-9-18(10-15)16(4,5)6;2*1-6-15-13(2)18(12-17-15)10-14-8-7-9-19(11-14)16(3,4)5;1-13-7-10-16(12-13)11-8-14-6-5-9-17(14)15(2,3)4;1-10-12(15-9-14-10)7-11-8-16(13(2,3)4)5-6-19(11,17)18;/h15H,7-11H2,1-6H3;2*12,14H,6-11H2,1-5H3;7,10,12,14H,5-6,8-9,11H2,1-4H3;9,11H,5-8H2,1-4H3,(H,14,15);1H4/t15-;3*14-;;/m0001../s1. The molecule has 0 bridgehead atoms. The Morgan fingerprint density at radius 3 is 1.38 bits per heavy atom. The molecular weight excluding hydrogens is 1190 g/mol. The van der Waals surface area contributed by atoms with Crippen molar-refractivity contribution in [1.82, 2.24) is 67.7 Å². The van der Waals surface area contributed by atoms with Gasteiger partial charge in [-0.15, -0.1) is 0 Å². The number of nitrogens with one attached hydrogen (secondary N) is 1. The Balaban J connectivity index is 0.000000212. The molecule has 0 radical (unpaired) electrons. The van der Waals surface area contributed by atoms with Gasteiger partial charge in [0, 0.05) is 134 Å². The Morgan fingerprint density at radius 1 is 0.543 bits per heavy atom. The normalized spacial score (nSPS) is 22.2. The second kappa shape index (κ2) is 34.6. The van der Waals surface area contributed by atoms with Gasteiger partial charge in [-0.25, -0.2) is 28.4 Å². The Labute approximate surface area is 575 Å². The van der Waals surface area contributed by atoms with Crippen LogP contribution in [0.15, 0.2) is 37.4 Å². The van der Waals surface area contributed by atoms with Crippen molar-refractivity contribution in [2.45, 2.75) is 316 Å². The monoisotopic (exact) mass is 1330 g/mol. The maximum absolute atomic E-state index is 12.2. The largest absolute Gasteiger partial charge is 0.354 e. The van der Waals surface area contributed by atoms with Crippen LogP contribution in [0.3, 0.4) is 0 Å². The molecule has 16 nitrogen and oxygen atoms in total. The molecule has 0 spiro atoms. The Hall–Kier alpha value is -4.13. The van der Waals surface area contributed by atoms with Gasteiger partial charge in [-0.05, 0) is 279 Å². The molecule has 94 heavy (non-hydrogen) atoms. The molecule has 17 heteroatoms. The van der Waals surface area contributed by atoms with Gasteiger partial charge in [0.1, 0.15) is 5.82 Å². The van der Waals surface area contributed by atoms with Crippen LogP contribution >= 0.6 is 0 Å². The van der Waals surface area contributed by atoms with Crippen molar-refractivity contribution in [2.75, 3.05) is 64.7 Å². The average Bonchev–Trinajstić information content (AvgIpc) is 0.926.